The van der Waals surface area contributed by atoms with Crippen LogP contribution in [0.3, 0.4) is 0 Å². The van der Waals surface area contributed by atoms with E-state index < -0.39 is 29.4 Å². The molecule has 0 saturated carbocycles. The van der Waals surface area contributed by atoms with Crippen LogP contribution in [0, 0.1) is 0 Å². The zero-order valence-corrected chi connectivity index (χ0v) is 20.4. The monoisotopic (exact) mass is 518 g/mol. The van der Waals surface area contributed by atoms with Crippen molar-refractivity contribution < 1.29 is 19.3 Å². The van der Waals surface area contributed by atoms with Crippen molar-refractivity contribution in [2.45, 2.75) is 19.1 Å². The van der Waals surface area contributed by atoms with E-state index in [9.17, 15) is 14.4 Å². The summed E-state index contributed by atoms with van der Waals surface area (Å²) in [5.74, 6) is -0.289. The summed E-state index contributed by atoms with van der Waals surface area (Å²) in [7, 11) is 2.87. The summed E-state index contributed by atoms with van der Waals surface area (Å²) in [5, 5.41) is 0.977. The van der Waals surface area contributed by atoms with Crippen LogP contribution in [0.2, 0.25) is 10.0 Å². The van der Waals surface area contributed by atoms with E-state index in [0.29, 0.717) is 15.8 Å². The third-order valence-corrected chi connectivity index (χ3v) is 5.90. The van der Waals surface area contributed by atoms with Crippen molar-refractivity contribution in [3.8, 4) is 11.5 Å². The molecule has 2 unspecified atom stereocenters. The van der Waals surface area contributed by atoms with E-state index in [1.807, 2.05) is 0 Å². The number of hydrogen-bond donors (Lipinski definition) is 0. The molecule has 2 aromatic heterocycles. The molecule has 0 spiro atoms. The van der Waals surface area contributed by atoms with Crippen LogP contribution in [-0.4, -0.2) is 30.8 Å². The number of carbonyl (C=O) groups is 1. The second-order valence-corrected chi connectivity index (χ2v) is 8.58. The Morgan fingerprint density at radius 3 is 2.09 bits per heavy atom. The van der Waals surface area contributed by atoms with Crippen LogP contribution in [0.25, 0.3) is 11.2 Å². The molecule has 0 amide bonds. The van der Waals surface area contributed by atoms with Crippen molar-refractivity contribution in [3.05, 3.63) is 85.7 Å². The van der Waals surface area contributed by atoms with E-state index >= 15 is 0 Å². The smallest absolute Gasteiger partial charge is 0.397 e. The summed E-state index contributed by atoms with van der Waals surface area (Å²) >= 11 is 11.8. The molecule has 12 heteroatoms. The molecule has 0 aliphatic heterocycles. The number of aromatic nitrogens is 4. The summed E-state index contributed by atoms with van der Waals surface area (Å²) < 4.78 is 9.61. The normalized spacial score (nSPS) is 12.8. The molecule has 10 nitrogen and oxygen atoms in total. The number of rotatable bonds is 7. The number of halogens is 2. The van der Waals surface area contributed by atoms with Crippen LogP contribution in [0.5, 0.6) is 11.5 Å². The third kappa shape index (κ3) is 4.89. The lowest BCUT2D eigenvalue weighted by Gasteiger charge is -2.24. The molecule has 0 radical (unpaired) electrons. The molecule has 4 aromatic rings. The number of aryl methyl sites for hydroxylation is 1. The van der Waals surface area contributed by atoms with Gasteiger partial charge >= 0.3 is 11.7 Å². The van der Waals surface area contributed by atoms with Crippen LogP contribution < -0.4 is 20.9 Å². The van der Waals surface area contributed by atoms with Gasteiger partial charge in [0.05, 0.1) is 12.4 Å². The lowest BCUT2D eigenvalue weighted by atomic mass is 10.1. The number of hydrogen-bond acceptors (Lipinski definition) is 7. The summed E-state index contributed by atoms with van der Waals surface area (Å²) in [5.41, 5.74) is -0.798. The second-order valence-electron chi connectivity index (χ2n) is 7.70. The van der Waals surface area contributed by atoms with Crippen LogP contribution in [-0.2, 0) is 23.8 Å². The van der Waals surface area contributed by atoms with Crippen molar-refractivity contribution in [3.63, 3.8) is 0 Å². The average molecular weight is 519 g/mol. The topological polar surface area (TPSA) is 107 Å². The molecule has 2 aromatic carbocycles. The minimum atomic E-state index is -1.28. The van der Waals surface area contributed by atoms with E-state index in [-0.39, 0.29) is 16.9 Å². The zero-order valence-electron chi connectivity index (χ0n) is 18.8. The van der Waals surface area contributed by atoms with Crippen molar-refractivity contribution in [1.82, 2.24) is 18.7 Å². The number of carbonyl (C=O) groups excluding carboxylic acids is 1. The van der Waals surface area contributed by atoms with Gasteiger partial charge in [-0.2, -0.15) is 0 Å². The predicted octanol–water partition coefficient (Wildman–Crippen LogP) is 3.29. The molecule has 182 valence electrons. The third-order valence-electron chi connectivity index (χ3n) is 5.39. The molecule has 35 heavy (non-hydrogen) atoms. The van der Waals surface area contributed by atoms with E-state index in [0.717, 1.165) is 4.57 Å². The van der Waals surface area contributed by atoms with Gasteiger partial charge in [0.1, 0.15) is 5.75 Å². The largest absolute Gasteiger partial charge is 0.476 e. The molecular weight excluding hydrogens is 499 g/mol. The van der Waals surface area contributed by atoms with E-state index in [1.165, 1.54) is 41.7 Å². The first-order chi connectivity index (χ1) is 16.7. The molecule has 0 saturated heterocycles. The highest BCUT2D eigenvalue weighted by Crippen LogP contribution is 2.25. The van der Waals surface area contributed by atoms with Gasteiger partial charge in [0.2, 0.25) is 6.10 Å². The molecule has 0 aliphatic carbocycles. The van der Waals surface area contributed by atoms with Crippen molar-refractivity contribution in [2.24, 2.45) is 14.1 Å². The fraction of sp³-hybridized carbons (Fsp3) is 0.217. The maximum atomic E-state index is 13.1. The highest BCUT2D eigenvalue weighted by atomic mass is 35.5. The van der Waals surface area contributed by atoms with Crippen LogP contribution >= 0.6 is 23.2 Å². The SMILES string of the molecule is CC(C(Oc1ccc(Cl)cc1)C(=O)OOc1ccc(Cl)cc1)n1cnc2c1c(=O)n(C)c(=O)n2C. The number of nitrogens with zero attached hydrogens (tertiary/aromatic N) is 4. The first kappa shape index (κ1) is 24.4. The van der Waals surface area contributed by atoms with Crippen molar-refractivity contribution in [1.29, 1.82) is 0 Å². The molecule has 4 rings (SSSR count). The van der Waals surface area contributed by atoms with Gasteiger partial charge < -0.3 is 9.30 Å². The molecule has 0 fully saturated rings. The van der Waals surface area contributed by atoms with E-state index in [4.69, 9.17) is 37.7 Å². The number of fused-ring (bicyclic) bond motifs is 1. The highest BCUT2D eigenvalue weighted by molar-refractivity contribution is 6.30. The Labute approximate surface area is 208 Å². The zero-order chi connectivity index (χ0) is 25.3. The summed E-state index contributed by atoms with van der Waals surface area (Å²) in [6.07, 6.45) is 0.0877. The minimum absolute atomic E-state index is 0.123. The van der Waals surface area contributed by atoms with Crippen molar-refractivity contribution >= 4 is 40.3 Å². The molecular formula is C23H20Cl2N4O6. The van der Waals surface area contributed by atoms with Crippen molar-refractivity contribution in [2.75, 3.05) is 0 Å². The van der Waals surface area contributed by atoms with Gasteiger partial charge in [0.25, 0.3) is 5.56 Å². The van der Waals surface area contributed by atoms with E-state index in [2.05, 4.69) is 4.98 Å². The lowest BCUT2D eigenvalue weighted by molar-refractivity contribution is -0.223. The fourth-order valence-corrected chi connectivity index (χ4v) is 3.70. The molecule has 0 aliphatic rings. The Hall–Kier alpha value is -3.76. The molecule has 0 bridgehead atoms. The number of imidazole rings is 1. The van der Waals surface area contributed by atoms with Gasteiger partial charge in [-0.3, -0.25) is 18.8 Å². The first-order valence-electron chi connectivity index (χ1n) is 10.4. The van der Waals surface area contributed by atoms with Gasteiger partial charge in [-0.05, 0) is 55.5 Å². The predicted molar refractivity (Wildman–Crippen MR) is 129 cm³/mol. The van der Waals surface area contributed by atoms with Crippen LogP contribution in [0.15, 0.2) is 64.4 Å². The first-order valence-corrected chi connectivity index (χ1v) is 11.1. The number of ether oxygens (including phenoxy) is 1. The molecule has 2 heterocycles. The summed E-state index contributed by atoms with van der Waals surface area (Å²) in [4.78, 5) is 52.7. The van der Waals surface area contributed by atoms with Gasteiger partial charge in [0.15, 0.2) is 16.9 Å². The standard InChI is InChI=1S/C23H20Cl2N4O6/c1-13(29-12-26-20-18(29)21(30)28(3)23(32)27(20)2)19(33-16-8-4-14(24)5-9-16)22(31)35-34-17-10-6-15(25)7-11-17/h4-13,19H,1-3H3. The van der Waals surface area contributed by atoms with Gasteiger partial charge in [-0.25, -0.2) is 19.5 Å². The fourth-order valence-electron chi connectivity index (χ4n) is 3.45. The van der Waals surface area contributed by atoms with Crippen LogP contribution in [0.1, 0.15) is 13.0 Å². The Bertz CT molecular complexity index is 1490. The minimum Gasteiger partial charge on any atom is -0.476 e. The lowest BCUT2D eigenvalue weighted by Crippen LogP contribution is -2.40. The number of benzene rings is 2. The second kappa shape index (κ2) is 9.85. The Balaban J connectivity index is 1.70. The Morgan fingerprint density at radius 1 is 0.914 bits per heavy atom. The molecule has 0 N–H and O–H groups in total. The maximum absolute atomic E-state index is 13.1. The highest BCUT2D eigenvalue weighted by Gasteiger charge is 2.33. The maximum Gasteiger partial charge on any atom is 0.397 e. The summed E-state index contributed by atoms with van der Waals surface area (Å²) in [6, 6.07) is 11.8. The van der Waals surface area contributed by atoms with Gasteiger partial charge in [-0.1, -0.05) is 23.2 Å². The Kier molecular flexibility index (Phi) is 6.86. The molecule has 2 atom stereocenters. The average Bonchev–Trinajstić information content (AvgIpc) is 3.30. The van der Waals surface area contributed by atoms with Gasteiger partial charge in [-0.15, -0.1) is 0 Å². The summed E-state index contributed by atoms with van der Waals surface area (Å²) in [6.45, 7) is 1.65. The van der Waals surface area contributed by atoms with Crippen LogP contribution in [0.4, 0.5) is 0 Å². The quantitative estimate of drug-likeness (QED) is 0.273. The Morgan fingerprint density at radius 2 is 1.49 bits per heavy atom. The van der Waals surface area contributed by atoms with Gasteiger partial charge in [0, 0.05) is 24.1 Å². The van der Waals surface area contributed by atoms with E-state index in [1.54, 1.807) is 43.3 Å².